The molecule has 2 N–H and O–H groups in total. The van der Waals surface area contributed by atoms with Crippen molar-refractivity contribution < 1.29 is 19.4 Å². The second kappa shape index (κ2) is 9.09. The molecule has 1 amide bonds. The predicted octanol–water partition coefficient (Wildman–Crippen LogP) is 5.31. The third-order valence-electron chi connectivity index (χ3n) is 3.77. The molecule has 0 atom stereocenters. The van der Waals surface area contributed by atoms with Crippen molar-refractivity contribution in [3.63, 3.8) is 0 Å². The van der Waals surface area contributed by atoms with Gasteiger partial charge in [0.05, 0.1) is 20.6 Å². The van der Waals surface area contributed by atoms with Crippen LogP contribution in [0.5, 0.6) is 5.75 Å². The van der Waals surface area contributed by atoms with Crippen molar-refractivity contribution in [1.82, 2.24) is 5.32 Å². The lowest BCUT2D eigenvalue weighted by molar-refractivity contribution is -0.139. The highest BCUT2D eigenvalue weighted by Crippen LogP contribution is 2.36. The molecule has 29 heavy (non-hydrogen) atoms. The molecule has 1 heterocycles. The van der Waals surface area contributed by atoms with Crippen LogP contribution < -0.4 is 10.1 Å². The molecule has 2 aromatic carbocycles. The van der Waals surface area contributed by atoms with Gasteiger partial charge in [-0.25, -0.2) is 9.79 Å². The lowest BCUT2D eigenvalue weighted by Gasteiger charge is -2.09. The maximum Gasteiger partial charge on any atom is 0.341 e. The van der Waals surface area contributed by atoms with E-state index in [0.29, 0.717) is 26.3 Å². The van der Waals surface area contributed by atoms with E-state index in [-0.39, 0.29) is 21.7 Å². The number of nitrogens with zero attached hydrogens (tertiary/aromatic N) is 1. The van der Waals surface area contributed by atoms with Gasteiger partial charge in [0.25, 0.3) is 5.91 Å². The molecule has 1 aliphatic rings. The first-order valence-electron chi connectivity index (χ1n) is 8.13. The SMILES string of the molecule is Cc1c(Cl)cccc1N=C1NC(=O)/C(=C\c2cc(Cl)c(OCC(=O)O)c(Cl)c2)S1. The molecule has 0 unspecified atom stereocenters. The number of carbonyl (C=O) groups is 2. The summed E-state index contributed by atoms with van der Waals surface area (Å²) in [6.45, 7) is 1.28. The van der Waals surface area contributed by atoms with Crippen LogP contribution in [0.4, 0.5) is 5.69 Å². The van der Waals surface area contributed by atoms with Gasteiger partial charge in [-0.05, 0) is 60.2 Å². The number of aliphatic carboxylic acids is 1. The van der Waals surface area contributed by atoms with Crippen molar-refractivity contribution in [3.05, 3.63) is 61.4 Å². The summed E-state index contributed by atoms with van der Waals surface area (Å²) in [4.78, 5) is 27.8. The molecule has 0 radical (unpaired) electrons. The van der Waals surface area contributed by atoms with Crippen LogP contribution in [0.3, 0.4) is 0 Å². The van der Waals surface area contributed by atoms with Crippen LogP contribution in [0.15, 0.2) is 40.2 Å². The molecule has 1 fully saturated rings. The van der Waals surface area contributed by atoms with Crippen molar-refractivity contribution in [3.8, 4) is 5.75 Å². The van der Waals surface area contributed by atoms with Gasteiger partial charge in [0.1, 0.15) is 0 Å². The summed E-state index contributed by atoms with van der Waals surface area (Å²) in [6.07, 6.45) is 1.60. The largest absolute Gasteiger partial charge is 0.479 e. The fraction of sp³-hybridized carbons (Fsp3) is 0.105. The molecule has 2 aromatic rings. The Hall–Kier alpha value is -2.19. The summed E-state index contributed by atoms with van der Waals surface area (Å²) in [5, 5.41) is 12.7. The number of carboxylic acid groups (broad SMARTS) is 1. The van der Waals surface area contributed by atoms with Crippen LogP contribution in [0.25, 0.3) is 6.08 Å². The normalized spacial score (nSPS) is 16.3. The lowest BCUT2D eigenvalue weighted by atomic mass is 10.2. The van der Waals surface area contributed by atoms with Gasteiger partial charge in [0, 0.05) is 5.02 Å². The smallest absolute Gasteiger partial charge is 0.341 e. The Morgan fingerprint density at radius 2 is 1.93 bits per heavy atom. The van der Waals surface area contributed by atoms with Gasteiger partial charge >= 0.3 is 5.97 Å². The van der Waals surface area contributed by atoms with Crippen LogP contribution >= 0.6 is 46.6 Å². The van der Waals surface area contributed by atoms with E-state index >= 15 is 0 Å². The standard InChI is InChI=1S/C19H13Cl3N2O4S/c1-9-11(20)3-2-4-14(9)23-19-24-18(27)15(29-19)7-10-5-12(21)17(13(22)6-10)28-8-16(25)26/h2-7H,8H2,1H3,(H,25,26)(H,23,24,27)/b15-7+. The highest BCUT2D eigenvalue weighted by Gasteiger charge is 2.24. The fourth-order valence-corrected chi connectivity index (χ4v) is 4.01. The first kappa shape index (κ1) is 21.5. The van der Waals surface area contributed by atoms with E-state index in [1.165, 1.54) is 23.9 Å². The maximum atomic E-state index is 12.3. The number of carboxylic acids is 1. The van der Waals surface area contributed by atoms with Crippen LogP contribution in [0.1, 0.15) is 11.1 Å². The Labute approximate surface area is 185 Å². The number of hydrogen-bond acceptors (Lipinski definition) is 5. The minimum Gasteiger partial charge on any atom is -0.479 e. The molecule has 1 saturated heterocycles. The van der Waals surface area contributed by atoms with Gasteiger partial charge in [-0.1, -0.05) is 40.9 Å². The number of thioether (sulfide) groups is 1. The molecule has 150 valence electrons. The second-order valence-electron chi connectivity index (χ2n) is 5.86. The van der Waals surface area contributed by atoms with E-state index in [1.54, 1.807) is 24.3 Å². The van der Waals surface area contributed by atoms with Gasteiger partial charge < -0.3 is 15.2 Å². The van der Waals surface area contributed by atoms with E-state index in [1.807, 2.05) is 6.92 Å². The summed E-state index contributed by atoms with van der Waals surface area (Å²) in [6, 6.07) is 8.41. The number of nitrogens with one attached hydrogen (secondary N) is 1. The van der Waals surface area contributed by atoms with E-state index in [9.17, 15) is 9.59 Å². The van der Waals surface area contributed by atoms with Crippen molar-refractivity contribution in [2.24, 2.45) is 4.99 Å². The van der Waals surface area contributed by atoms with E-state index < -0.39 is 12.6 Å². The number of carbonyl (C=O) groups excluding carboxylic acids is 1. The summed E-state index contributed by atoms with van der Waals surface area (Å²) in [5.41, 5.74) is 2.03. The van der Waals surface area contributed by atoms with Gasteiger partial charge in [-0.15, -0.1) is 0 Å². The molecule has 3 rings (SSSR count). The van der Waals surface area contributed by atoms with Crippen molar-refractivity contribution in [2.45, 2.75) is 6.92 Å². The molecular formula is C19H13Cl3N2O4S. The molecule has 1 aliphatic heterocycles. The number of benzene rings is 2. The Balaban J connectivity index is 1.84. The van der Waals surface area contributed by atoms with Crippen LogP contribution in [0, 0.1) is 6.92 Å². The van der Waals surface area contributed by atoms with Gasteiger partial charge in [0.2, 0.25) is 0 Å². The van der Waals surface area contributed by atoms with Gasteiger partial charge in [-0.2, -0.15) is 0 Å². The highest BCUT2D eigenvalue weighted by molar-refractivity contribution is 8.18. The zero-order valence-electron chi connectivity index (χ0n) is 14.8. The molecule has 0 saturated carbocycles. The van der Waals surface area contributed by atoms with Crippen LogP contribution in [-0.2, 0) is 9.59 Å². The Kier molecular flexibility index (Phi) is 6.74. The number of amidine groups is 1. The average Bonchev–Trinajstić information content (AvgIpc) is 2.97. The Bertz CT molecular complexity index is 1050. The zero-order valence-corrected chi connectivity index (χ0v) is 17.9. The van der Waals surface area contributed by atoms with E-state index in [2.05, 4.69) is 10.3 Å². The molecule has 0 bridgehead atoms. The lowest BCUT2D eigenvalue weighted by Crippen LogP contribution is -2.19. The molecule has 0 spiro atoms. The monoisotopic (exact) mass is 470 g/mol. The highest BCUT2D eigenvalue weighted by atomic mass is 35.5. The molecule has 0 aromatic heterocycles. The number of halogens is 3. The fourth-order valence-electron chi connectivity index (χ4n) is 2.39. The number of rotatable bonds is 5. The van der Waals surface area contributed by atoms with Crippen molar-refractivity contribution >= 4 is 75.4 Å². The van der Waals surface area contributed by atoms with Crippen LogP contribution in [0.2, 0.25) is 15.1 Å². The summed E-state index contributed by atoms with van der Waals surface area (Å²) in [7, 11) is 0. The predicted molar refractivity (Wildman–Crippen MR) is 117 cm³/mol. The number of hydrogen-bond donors (Lipinski definition) is 2. The zero-order chi connectivity index (χ0) is 21.1. The van der Waals surface area contributed by atoms with E-state index in [4.69, 9.17) is 44.6 Å². The maximum absolute atomic E-state index is 12.3. The second-order valence-corrected chi connectivity index (χ2v) is 8.11. The topological polar surface area (TPSA) is 88.0 Å². The minimum absolute atomic E-state index is 0.0695. The molecular weight excluding hydrogens is 459 g/mol. The van der Waals surface area contributed by atoms with Gasteiger partial charge in [-0.3, -0.25) is 4.79 Å². The first-order chi connectivity index (χ1) is 13.7. The Morgan fingerprint density at radius 3 is 2.59 bits per heavy atom. The Morgan fingerprint density at radius 1 is 1.24 bits per heavy atom. The molecule has 0 aliphatic carbocycles. The number of ether oxygens (including phenoxy) is 1. The van der Waals surface area contributed by atoms with Gasteiger partial charge in [0.15, 0.2) is 17.5 Å². The van der Waals surface area contributed by atoms with E-state index in [0.717, 1.165) is 5.56 Å². The first-order valence-corrected chi connectivity index (χ1v) is 10.1. The third kappa shape index (κ3) is 5.25. The third-order valence-corrected chi connectivity index (χ3v) is 5.65. The minimum atomic E-state index is -1.15. The number of aliphatic imine (C=N–C) groups is 1. The average molecular weight is 472 g/mol. The summed E-state index contributed by atoms with van der Waals surface area (Å²) in [5.74, 6) is -1.39. The van der Waals surface area contributed by atoms with Crippen molar-refractivity contribution in [1.29, 1.82) is 0 Å². The van der Waals surface area contributed by atoms with Crippen LogP contribution in [-0.4, -0.2) is 28.8 Å². The number of amides is 1. The summed E-state index contributed by atoms with van der Waals surface area (Å²) >= 11 is 19.5. The summed E-state index contributed by atoms with van der Waals surface area (Å²) < 4.78 is 5.08. The molecule has 10 heteroatoms. The quantitative estimate of drug-likeness (QED) is 0.577. The molecule has 6 nitrogen and oxygen atoms in total. The van der Waals surface area contributed by atoms with Crippen molar-refractivity contribution in [2.75, 3.05) is 6.61 Å².